The van der Waals surface area contributed by atoms with Crippen molar-refractivity contribution in [1.29, 1.82) is 0 Å². The van der Waals surface area contributed by atoms with E-state index in [1.165, 1.54) is 24.4 Å². The Kier molecular flexibility index (Phi) is 6.04. The monoisotopic (exact) mass is 560 g/mol. The number of aromatic nitrogens is 4. The Morgan fingerprint density at radius 1 is 1.27 bits per heavy atom. The zero-order valence-corrected chi connectivity index (χ0v) is 19.2. The molecule has 1 aliphatic heterocycles. The lowest BCUT2D eigenvalue weighted by Crippen LogP contribution is -2.18. The number of nitrogens with zero attached hydrogens (tertiary/aromatic N) is 4. The molecule has 3 heterocycles. The highest BCUT2D eigenvalue weighted by Crippen LogP contribution is 2.39. The fourth-order valence-electron chi connectivity index (χ4n) is 2.86. The van der Waals surface area contributed by atoms with Gasteiger partial charge in [-0.1, -0.05) is 18.2 Å². The number of ether oxygens (including phenoxy) is 2. The van der Waals surface area contributed by atoms with Crippen LogP contribution in [0.5, 0.6) is 0 Å². The number of fused-ring (bicyclic) bond motifs is 1. The molecule has 0 fully saturated rings. The van der Waals surface area contributed by atoms with Crippen LogP contribution in [0.2, 0.25) is 0 Å². The maximum atomic E-state index is 11.3. The molecule has 158 valence electrons. The molecule has 30 heavy (non-hydrogen) atoms. The van der Waals surface area contributed by atoms with Crippen LogP contribution < -0.4 is 10.9 Å². The van der Waals surface area contributed by atoms with Gasteiger partial charge in [0.1, 0.15) is 12.6 Å². The molecule has 0 aliphatic carbocycles. The summed E-state index contributed by atoms with van der Waals surface area (Å²) in [5.74, 6) is 0.0788. The molecule has 0 saturated heterocycles. The van der Waals surface area contributed by atoms with E-state index >= 15 is 0 Å². The van der Waals surface area contributed by atoms with Crippen molar-refractivity contribution in [2.75, 3.05) is 11.5 Å². The standard InChI is InChI=1S/C17H17IN6O4S2/c18-11-5-2-1-4-10(11)16-27-8-12(28-16)29-17-23-13-14(19)21-9-22-15(13)24(17)6-3-7-30(20,25)26/h1-2,4-5,8-9,16H,3,6-7H2,(H2,19,21,22)(H2,20,25,26). The highest BCUT2D eigenvalue weighted by atomic mass is 127. The number of thioether (sulfide) groups is 1. The van der Waals surface area contributed by atoms with E-state index in [9.17, 15) is 8.42 Å². The van der Waals surface area contributed by atoms with Gasteiger partial charge in [0.15, 0.2) is 22.1 Å². The van der Waals surface area contributed by atoms with Crippen LogP contribution in [0, 0.1) is 3.57 Å². The number of hydrogen-bond donors (Lipinski definition) is 2. The molecular formula is C17H17IN6O4S2. The number of aryl methyl sites for hydroxylation is 1. The zero-order valence-electron chi connectivity index (χ0n) is 15.4. The van der Waals surface area contributed by atoms with E-state index < -0.39 is 16.3 Å². The fourth-order valence-corrected chi connectivity index (χ4v) is 4.87. The average molecular weight is 560 g/mol. The van der Waals surface area contributed by atoms with Crippen molar-refractivity contribution in [3.05, 3.63) is 51.1 Å². The van der Waals surface area contributed by atoms with Crippen LogP contribution in [0.1, 0.15) is 18.3 Å². The summed E-state index contributed by atoms with van der Waals surface area (Å²) in [4.78, 5) is 12.7. The van der Waals surface area contributed by atoms with Crippen LogP contribution in [-0.4, -0.2) is 33.7 Å². The lowest BCUT2D eigenvalue weighted by Gasteiger charge is -2.13. The van der Waals surface area contributed by atoms with Gasteiger partial charge in [-0.25, -0.2) is 28.5 Å². The molecule has 1 aliphatic rings. The lowest BCUT2D eigenvalue weighted by atomic mass is 10.2. The average Bonchev–Trinajstić information content (AvgIpc) is 3.28. The number of benzene rings is 1. The Bertz CT molecular complexity index is 1230. The number of imidazole rings is 1. The molecule has 0 saturated carbocycles. The molecule has 3 aromatic rings. The van der Waals surface area contributed by atoms with Crippen molar-refractivity contribution in [2.24, 2.45) is 5.14 Å². The summed E-state index contributed by atoms with van der Waals surface area (Å²) in [5, 5.41) is 6.16. The summed E-state index contributed by atoms with van der Waals surface area (Å²) >= 11 is 3.46. The topological polar surface area (TPSA) is 148 Å². The van der Waals surface area contributed by atoms with Gasteiger partial charge in [-0.2, -0.15) is 0 Å². The fraction of sp³-hybridized carbons (Fsp3) is 0.235. The summed E-state index contributed by atoms with van der Waals surface area (Å²) in [6.07, 6.45) is 2.61. The number of nitrogens with two attached hydrogens (primary N) is 2. The van der Waals surface area contributed by atoms with Crippen LogP contribution in [0.25, 0.3) is 11.2 Å². The Hall–Kier alpha value is -2.10. The maximum Gasteiger partial charge on any atom is 0.268 e. The van der Waals surface area contributed by atoms with E-state index in [4.69, 9.17) is 20.3 Å². The van der Waals surface area contributed by atoms with Gasteiger partial charge in [-0.05, 0) is 46.8 Å². The third-order valence-corrected chi connectivity index (χ3v) is 6.93. The summed E-state index contributed by atoms with van der Waals surface area (Å²) in [6, 6.07) is 7.77. The third-order valence-electron chi connectivity index (χ3n) is 4.20. The third kappa shape index (κ3) is 4.63. The van der Waals surface area contributed by atoms with E-state index in [0.717, 1.165) is 9.13 Å². The number of nitrogen functional groups attached to an aromatic ring is 1. The molecule has 4 rings (SSSR count). The second-order valence-corrected chi connectivity index (χ2v) is 10.2. The van der Waals surface area contributed by atoms with Crippen molar-refractivity contribution < 1.29 is 17.9 Å². The molecule has 2 aromatic heterocycles. The molecule has 0 radical (unpaired) electrons. The van der Waals surface area contributed by atoms with E-state index in [1.807, 2.05) is 24.3 Å². The van der Waals surface area contributed by atoms with Crippen LogP contribution >= 0.6 is 34.4 Å². The number of primary sulfonamides is 1. The first-order chi connectivity index (χ1) is 14.3. The maximum absolute atomic E-state index is 11.3. The Labute approximate surface area is 190 Å². The van der Waals surface area contributed by atoms with Crippen LogP contribution in [0.3, 0.4) is 0 Å². The first-order valence-electron chi connectivity index (χ1n) is 8.73. The van der Waals surface area contributed by atoms with E-state index in [2.05, 4.69) is 37.5 Å². The minimum Gasteiger partial charge on any atom is -0.454 e. The van der Waals surface area contributed by atoms with E-state index in [0.29, 0.717) is 34.4 Å². The normalized spacial score (nSPS) is 16.3. The van der Waals surface area contributed by atoms with Crippen LogP contribution in [0.4, 0.5) is 5.82 Å². The molecule has 4 N–H and O–H groups in total. The molecular weight excluding hydrogens is 543 g/mol. The highest BCUT2D eigenvalue weighted by Gasteiger charge is 2.26. The molecule has 0 bridgehead atoms. The lowest BCUT2D eigenvalue weighted by molar-refractivity contribution is -0.0279. The van der Waals surface area contributed by atoms with E-state index in [1.54, 1.807) is 4.57 Å². The van der Waals surface area contributed by atoms with Gasteiger partial charge in [0, 0.05) is 15.7 Å². The Morgan fingerprint density at radius 2 is 2.07 bits per heavy atom. The van der Waals surface area contributed by atoms with Crippen LogP contribution in [-0.2, 0) is 26.0 Å². The molecule has 13 heteroatoms. The van der Waals surface area contributed by atoms with Gasteiger partial charge in [-0.3, -0.25) is 0 Å². The second kappa shape index (κ2) is 8.56. The zero-order chi connectivity index (χ0) is 21.3. The SMILES string of the molecule is Nc1ncnc2c1nc(SC1=COC(c3ccccc3I)O1)n2CCCS(N)(=O)=O. The smallest absolute Gasteiger partial charge is 0.268 e. The molecule has 10 nitrogen and oxygen atoms in total. The predicted octanol–water partition coefficient (Wildman–Crippen LogP) is 2.33. The van der Waals surface area contributed by atoms with Gasteiger partial charge in [0.25, 0.3) is 6.29 Å². The minimum absolute atomic E-state index is 0.159. The van der Waals surface area contributed by atoms with Crippen LogP contribution in [0.15, 0.2) is 47.1 Å². The summed E-state index contributed by atoms with van der Waals surface area (Å²) in [6.45, 7) is 0.333. The molecule has 1 atom stereocenters. The first-order valence-corrected chi connectivity index (χ1v) is 12.3. The Balaban J connectivity index is 1.57. The minimum atomic E-state index is -3.57. The molecule has 0 spiro atoms. The van der Waals surface area contributed by atoms with Crippen molar-refractivity contribution >= 4 is 61.4 Å². The predicted molar refractivity (Wildman–Crippen MR) is 120 cm³/mol. The molecule has 0 amide bonds. The summed E-state index contributed by atoms with van der Waals surface area (Å²) < 4.78 is 37.0. The number of anilines is 1. The van der Waals surface area contributed by atoms with Gasteiger partial charge < -0.3 is 19.8 Å². The second-order valence-electron chi connectivity index (χ2n) is 6.34. The number of halogens is 1. The van der Waals surface area contributed by atoms with E-state index in [-0.39, 0.29) is 11.6 Å². The highest BCUT2D eigenvalue weighted by molar-refractivity contribution is 14.1. The van der Waals surface area contributed by atoms with Crippen molar-refractivity contribution in [3.8, 4) is 0 Å². The van der Waals surface area contributed by atoms with Crippen molar-refractivity contribution in [1.82, 2.24) is 19.5 Å². The number of sulfonamides is 1. The van der Waals surface area contributed by atoms with Crippen molar-refractivity contribution in [2.45, 2.75) is 24.4 Å². The van der Waals surface area contributed by atoms with Gasteiger partial charge in [0.05, 0.1) is 5.75 Å². The molecule has 1 unspecified atom stereocenters. The molecule has 1 aromatic carbocycles. The van der Waals surface area contributed by atoms with Gasteiger partial charge >= 0.3 is 0 Å². The first kappa shape index (κ1) is 21.1. The van der Waals surface area contributed by atoms with Gasteiger partial charge in [-0.15, -0.1) is 0 Å². The Morgan fingerprint density at radius 3 is 2.83 bits per heavy atom. The summed E-state index contributed by atoms with van der Waals surface area (Å²) in [7, 11) is -3.57. The van der Waals surface area contributed by atoms with Gasteiger partial charge in [0.2, 0.25) is 15.1 Å². The largest absolute Gasteiger partial charge is 0.454 e. The summed E-state index contributed by atoms with van der Waals surface area (Å²) in [5.41, 5.74) is 7.80. The number of hydrogen-bond acceptors (Lipinski definition) is 9. The number of rotatable bonds is 7. The quantitative estimate of drug-likeness (QED) is 0.416. The van der Waals surface area contributed by atoms with Crippen molar-refractivity contribution in [3.63, 3.8) is 0 Å².